The number of H-pyrrole nitrogens is 1. The lowest BCUT2D eigenvalue weighted by Gasteiger charge is -2.08. The first-order valence-corrected chi connectivity index (χ1v) is 8.49. The van der Waals surface area contributed by atoms with Gasteiger partial charge in [-0.05, 0) is 18.2 Å². The maximum atomic E-state index is 12.9. The van der Waals surface area contributed by atoms with Crippen molar-refractivity contribution in [3.8, 4) is 5.75 Å². The summed E-state index contributed by atoms with van der Waals surface area (Å²) >= 11 is 0. The number of amides is 1. The van der Waals surface area contributed by atoms with Gasteiger partial charge in [0.1, 0.15) is 11.4 Å². The first kappa shape index (κ1) is 21.2. The van der Waals surface area contributed by atoms with Crippen LogP contribution in [0.3, 0.4) is 0 Å². The van der Waals surface area contributed by atoms with Crippen molar-refractivity contribution in [1.29, 1.82) is 0 Å². The predicted octanol–water partition coefficient (Wildman–Crippen LogP) is 1.07. The molecule has 0 saturated carbocycles. The second-order valence-electron chi connectivity index (χ2n) is 4.89. The zero-order valence-corrected chi connectivity index (χ0v) is 14.2. The minimum absolute atomic E-state index is 0.182. The highest BCUT2D eigenvalue weighted by molar-refractivity contribution is 7.85. The maximum Gasteiger partial charge on any atom is 0.417 e. The SMILES string of the molecule is CNC(N)=NC(=O)c1cc2c(C(F)(F)F)ccc(O)c2[nH]1.CS(=O)(=O)O. The van der Waals surface area contributed by atoms with Gasteiger partial charge in [0.2, 0.25) is 0 Å². The summed E-state index contributed by atoms with van der Waals surface area (Å²) in [6.45, 7) is 0. The summed E-state index contributed by atoms with van der Waals surface area (Å²) in [5.74, 6) is -1.44. The van der Waals surface area contributed by atoms with E-state index in [1.165, 1.54) is 7.05 Å². The number of hydrogen-bond acceptors (Lipinski definition) is 4. The van der Waals surface area contributed by atoms with E-state index in [9.17, 15) is 31.5 Å². The third kappa shape index (κ3) is 5.93. The fraction of sp³-hybridized carbons (Fsp3) is 0.231. The highest BCUT2D eigenvalue weighted by Crippen LogP contribution is 2.38. The van der Waals surface area contributed by atoms with Crippen LogP contribution in [0.1, 0.15) is 16.1 Å². The number of aliphatic imine (C=N–C) groups is 1. The zero-order valence-electron chi connectivity index (χ0n) is 13.4. The van der Waals surface area contributed by atoms with Crippen LogP contribution < -0.4 is 11.1 Å². The Bertz CT molecular complexity index is 943. The van der Waals surface area contributed by atoms with Crippen molar-refractivity contribution >= 4 is 32.9 Å². The van der Waals surface area contributed by atoms with Crippen LogP contribution in [0, 0.1) is 0 Å². The van der Waals surface area contributed by atoms with Gasteiger partial charge in [-0.25, -0.2) is 0 Å². The quantitative estimate of drug-likeness (QED) is 0.274. The van der Waals surface area contributed by atoms with E-state index in [-0.39, 0.29) is 22.6 Å². The number of aromatic hydroxyl groups is 1. The molecule has 1 aromatic carbocycles. The number of rotatable bonds is 1. The van der Waals surface area contributed by atoms with E-state index < -0.39 is 33.5 Å². The normalized spacial score (nSPS) is 12.5. The highest BCUT2D eigenvalue weighted by Gasteiger charge is 2.33. The average Bonchev–Trinajstić information content (AvgIpc) is 2.90. The fourth-order valence-electron chi connectivity index (χ4n) is 1.79. The number of carbonyl (C=O) groups excluding carboxylic acids is 1. The van der Waals surface area contributed by atoms with Crippen LogP contribution in [0.2, 0.25) is 0 Å². The molecule has 2 aromatic rings. The number of alkyl halides is 3. The Morgan fingerprint density at radius 3 is 2.35 bits per heavy atom. The molecule has 26 heavy (non-hydrogen) atoms. The lowest BCUT2D eigenvalue weighted by Crippen LogP contribution is -2.28. The van der Waals surface area contributed by atoms with Gasteiger partial charge in [0.05, 0.1) is 17.3 Å². The number of nitrogens with two attached hydrogens (primary N) is 1. The number of aromatic nitrogens is 1. The van der Waals surface area contributed by atoms with Crippen molar-refractivity contribution < 1.29 is 36.0 Å². The summed E-state index contributed by atoms with van der Waals surface area (Å²) in [5.41, 5.74) is 3.95. The molecule has 0 saturated heterocycles. The topological polar surface area (TPSA) is 158 Å². The van der Waals surface area contributed by atoms with Gasteiger partial charge in [0.25, 0.3) is 16.0 Å². The number of nitrogens with zero attached hydrogens (tertiary/aromatic N) is 1. The van der Waals surface area contributed by atoms with E-state index >= 15 is 0 Å². The molecule has 6 N–H and O–H groups in total. The lowest BCUT2D eigenvalue weighted by molar-refractivity contribution is -0.136. The minimum Gasteiger partial charge on any atom is -0.506 e. The number of aromatic amines is 1. The molecule has 1 aromatic heterocycles. The van der Waals surface area contributed by atoms with Gasteiger partial charge in [0.15, 0.2) is 5.96 Å². The third-order valence-electron chi connectivity index (χ3n) is 2.79. The van der Waals surface area contributed by atoms with Gasteiger partial charge in [-0.1, -0.05) is 0 Å². The van der Waals surface area contributed by atoms with Gasteiger partial charge in [-0.15, -0.1) is 0 Å². The van der Waals surface area contributed by atoms with Gasteiger partial charge < -0.3 is 21.1 Å². The third-order valence-corrected chi connectivity index (χ3v) is 2.79. The number of phenols is 1. The number of phenolic OH excluding ortho intramolecular Hbond substituents is 1. The molecule has 13 heteroatoms. The van der Waals surface area contributed by atoms with Gasteiger partial charge in [-0.2, -0.15) is 26.6 Å². The Morgan fingerprint density at radius 2 is 1.88 bits per heavy atom. The standard InChI is InChI=1S/C12H11F3N4O2.CH4O3S/c1-17-11(16)19-10(21)7-4-5-6(12(13,14)15)2-3-8(20)9(5)18-7;1-5(2,3)4/h2-4,18,20H,1H3,(H3,16,17,19,21);1H3,(H,2,3,4). The predicted molar refractivity (Wildman–Crippen MR) is 87.5 cm³/mol. The Kier molecular flexibility index (Phi) is 6.22. The Hall–Kier alpha value is -2.80. The molecule has 1 amide bonds. The molecule has 2 rings (SSSR count). The van der Waals surface area contributed by atoms with E-state index in [2.05, 4.69) is 15.3 Å². The molecular formula is C13H15F3N4O5S. The van der Waals surface area contributed by atoms with Crippen molar-refractivity contribution in [1.82, 2.24) is 10.3 Å². The number of nitrogens with one attached hydrogen (secondary N) is 2. The largest absolute Gasteiger partial charge is 0.506 e. The van der Waals surface area contributed by atoms with Crippen LogP contribution in [0.5, 0.6) is 5.75 Å². The summed E-state index contributed by atoms with van der Waals surface area (Å²) in [5, 5.41) is 11.7. The van der Waals surface area contributed by atoms with E-state index in [0.29, 0.717) is 6.26 Å². The molecule has 0 unspecified atom stereocenters. The molecule has 0 radical (unpaired) electrons. The van der Waals surface area contributed by atoms with E-state index in [1.807, 2.05) is 0 Å². The van der Waals surface area contributed by atoms with Gasteiger partial charge in [-0.3, -0.25) is 9.35 Å². The highest BCUT2D eigenvalue weighted by atomic mass is 32.2. The van der Waals surface area contributed by atoms with Gasteiger partial charge in [0, 0.05) is 12.4 Å². The summed E-state index contributed by atoms with van der Waals surface area (Å²) < 4.78 is 64.5. The van der Waals surface area contributed by atoms with Crippen LogP contribution >= 0.6 is 0 Å². The Morgan fingerprint density at radius 1 is 1.35 bits per heavy atom. The monoisotopic (exact) mass is 396 g/mol. The van der Waals surface area contributed by atoms with E-state index in [1.54, 1.807) is 0 Å². The number of halogens is 3. The second-order valence-corrected chi connectivity index (χ2v) is 6.35. The molecule has 0 aliphatic rings. The van der Waals surface area contributed by atoms with Crippen molar-refractivity contribution in [3.63, 3.8) is 0 Å². The zero-order chi connectivity index (χ0) is 20.3. The molecule has 9 nitrogen and oxygen atoms in total. The molecular weight excluding hydrogens is 381 g/mol. The van der Waals surface area contributed by atoms with Crippen LogP contribution in [0.25, 0.3) is 10.9 Å². The van der Waals surface area contributed by atoms with E-state index in [0.717, 1.165) is 18.2 Å². The summed E-state index contributed by atoms with van der Waals surface area (Å²) in [6, 6.07) is 2.62. The number of hydrogen-bond donors (Lipinski definition) is 5. The van der Waals surface area contributed by atoms with Crippen molar-refractivity contribution in [2.45, 2.75) is 6.18 Å². The Balaban J connectivity index is 0.000000597. The first-order chi connectivity index (χ1) is 11.7. The number of fused-ring (bicyclic) bond motifs is 1. The van der Waals surface area contributed by atoms with Crippen LogP contribution in [0.15, 0.2) is 23.2 Å². The summed E-state index contributed by atoms with van der Waals surface area (Å²) in [4.78, 5) is 17.6. The molecule has 0 fully saturated rings. The molecule has 0 spiro atoms. The van der Waals surface area contributed by atoms with E-state index in [4.69, 9.17) is 10.3 Å². The number of guanidine groups is 1. The molecule has 1 heterocycles. The fourth-order valence-corrected chi connectivity index (χ4v) is 1.79. The smallest absolute Gasteiger partial charge is 0.417 e. The molecule has 0 atom stereocenters. The van der Waals surface area contributed by atoms with Crippen molar-refractivity contribution in [2.75, 3.05) is 13.3 Å². The van der Waals surface area contributed by atoms with Crippen LogP contribution in [0.4, 0.5) is 13.2 Å². The maximum absolute atomic E-state index is 12.9. The number of carbonyl (C=O) groups is 1. The molecule has 144 valence electrons. The number of benzene rings is 1. The summed E-state index contributed by atoms with van der Waals surface area (Å²) in [6.07, 6.45) is -3.89. The average molecular weight is 396 g/mol. The molecule has 0 aliphatic carbocycles. The van der Waals surface area contributed by atoms with Gasteiger partial charge >= 0.3 is 6.18 Å². The van der Waals surface area contributed by atoms with Crippen molar-refractivity contribution in [2.24, 2.45) is 10.7 Å². The van der Waals surface area contributed by atoms with Crippen molar-refractivity contribution in [3.05, 3.63) is 29.5 Å². The van der Waals surface area contributed by atoms with Crippen LogP contribution in [-0.4, -0.2) is 48.2 Å². The lowest BCUT2D eigenvalue weighted by atomic mass is 10.1. The first-order valence-electron chi connectivity index (χ1n) is 6.64. The Labute approximate surface area is 145 Å². The summed E-state index contributed by atoms with van der Waals surface area (Å²) in [7, 11) is -2.23. The van der Waals surface area contributed by atoms with Crippen LogP contribution in [-0.2, 0) is 16.3 Å². The second kappa shape index (κ2) is 7.61. The molecule has 0 aliphatic heterocycles. The minimum atomic E-state index is -4.61. The molecule has 0 bridgehead atoms.